The molecule has 1 aromatic carbocycles. The lowest BCUT2D eigenvalue weighted by Crippen LogP contribution is -2.22. The molecule has 100 valence electrons. The molecule has 2 aromatic rings. The van der Waals surface area contributed by atoms with Crippen LogP contribution in [0.2, 0.25) is 0 Å². The van der Waals surface area contributed by atoms with E-state index in [1.807, 2.05) is 24.3 Å². The summed E-state index contributed by atoms with van der Waals surface area (Å²) in [4.78, 5) is 6.98. The minimum atomic E-state index is 0.454. The molecule has 1 aromatic heterocycles. The number of thiophene rings is 1. The number of nitrogens with two attached hydrogens (primary N) is 1. The number of rotatable bonds is 4. The smallest absolute Gasteiger partial charge is 0.193 e. The average Bonchev–Trinajstić information content (AvgIpc) is 2.87. The topological polar surface area (TPSA) is 50.4 Å². The lowest BCUT2D eigenvalue weighted by molar-refractivity contribution is 1.09. The maximum absolute atomic E-state index is 5.87. The van der Waals surface area contributed by atoms with Crippen LogP contribution in [-0.4, -0.2) is 5.96 Å². The van der Waals surface area contributed by atoms with Gasteiger partial charge in [-0.05, 0) is 37.6 Å². The van der Waals surface area contributed by atoms with E-state index < -0.39 is 0 Å². The SMILES string of the molecule is CCc1ccc(CN=C(N)Nc2ccc(C)cc2)s1. The highest BCUT2D eigenvalue weighted by Gasteiger charge is 1.99. The van der Waals surface area contributed by atoms with E-state index in [0.717, 1.165) is 12.1 Å². The largest absolute Gasteiger partial charge is 0.370 e. The molecular weight excluding hydrogens is 254 g/mol. The van der Waals surface area contributed by atoms with E-state index in [1.165, 1.54) is 15.3 Å². The van der Waals surface area contributed by atoms with Gasteiger partial charge in [-0.3, -0.25) is 0 Å². The Balaban J connectivity index is 1.93. The standard InChI is InChI=1S/C15H19N3S/c1-3-13-8-9-14(19-13)10-17-15(16)18-12-6-4-11(2)5-7-12/h4-9H,3,10H2,1-2H3,(H3,16,17,18). The summed E-state index contributed by atoms with van der Waals surface area (Å²) >= 11 is 1.79. The summed E-state index contributed by atoms with van der Waals surface area (Å²) < 4.78 is 0. The first kappa shape index (κ1) is 13.6. The van der Waals surface area contributed by atoms with Gasteiger partial charge >= 0.3 is 0 Å². The molecule has 19 heavy (non-hydrogen) atoms. The first-order chi connectivity index (χ1) is 9.17. The molecule has 0 saturated carbocycles. The summed E-state index contributed by atoms with van der Waals surface area (Å²) in [5, 5.41) is 3.09. The third-order valence-electron chi connectivity index (χ3n) is 2.79. The Labute approximate surface area is 118 Å². The maximum Gasteiger partial charge on any atom is 0.193 e. The van der Waals surface area contributed by atoms with Gasteiger partial charge in [-0.25, -0.2) is 4.99 Å². The van der Waals surface area contributed by atoms with Gasteiger partial charge in [0, 0.05) is 15.4 Å². The first-order valence-electron chi connectivity index (χ1n) is 6.38. The molecule has 0 amide bonds. The van der Waals surface area contributed by atoms with E-state index in [4.69, 9.17) is 5.73 Å². The van der Waals surface area contributed by atoms with Gasteiger partial charge < -0.3 is 11.1 Å². The normalized spacial score (nSPS) is 11.6. The van der Waals surface area contributed by atoms with E-state index in [-0.39, 0.29) is 0 Å². The number of nitrogens with zero attached hydrogens (tertiary/aromatic N) is 1. The van der Waals surface area contributed by atoms with E-state index in [0.29, 0.717) is 12.5 Å². The lowest BCUT2D eigenvalue weighted by Gasteiger charge is -2.05. The Morgan fingerprint density at radius 2 is 1.84 bits per heavy atom. The Kier molecular flexibility index (Phi) is 4.58. The van der Waals surface area contributed by atoms with Crippen molar-refractivity contribution >= 4 is 23.0 Å². The van der Waals surface area contributed by atoms with Crippen LogP contribution in [0.5, 0.6) is 0 Å². The van der Waals surface area contributed by atoms with Gasteiger partial charge in [0.2, 0.25) is 0 Å². The molecule has 0 aliphatic rings. The zero-order chi connectivity index (χ0) is 13.7. The average molecular weight is 273 g/mol. The number of hydrogen-bond donors (Lipinski definition) is 2. The van der Waals surface area contributed by atoms with Gasteiger partial charge in [0.1, 0.15) is 0 Å². The van der Waals surface area contributed by atoms with Gasteiger partial charge in [-0.1, -0.05) is 24.6 Å². The number of guanidine groups is 1. The van der Waals surface area contributed by atoms with Crippen LogP contribution in [0, 0.1) is 6.92 Å². The summed E-state index contributed by atoms with van der Waals surface area (Å²) in [6, 6.07) is 12.4. The molecule has 0 aliphatic carbocycles. The molecule has 0 bridgehead atoms. The molecule has 3 nitrogen and oxygen atoms in total. The van der Waals surface area contributed by atoms with Crippen LogP contribution in [-0.2, 0) is 13.0 Å². The molecular formula is C15H19N3S. The van der Waals surface area contributed by atoms with E-state index in [9.17, 15) is 0 Å². The Morgan fingerprint density at radius 1 is 1.16 bits per heavy atom. The van der Waals surface area contributed by atoms with Crippen LogP contribution in [0.1, 0.15) is 22.2 Å². The van der Waals surface area contributed by atoms with E-state index in [2.05, 4.69) is 36.3 Å². The van der Waals surface area contributed by atoms with Crippen molar-refractivity contribution in [3.8, 4) is 0 Å². The first-order valence-corrected chi connectivity index (χ1v) is 7.20. The summed E-state index contributed by atoms with van der Waals surface area (Å²) in [5.41, 5.74) is 8.07. The molecule has 4 heteroatoms. The molecule has 0 radical (unpaired) electrons. The van der Waals surface area contributed by atoms with Gasteiger partial charge in [-0.2, -0.15) is 0 Å². The van der Waals surface area contributed by atoms with Crippen molar-refractivity contribution in [1.29, 1.82) is 0 Å². The van der Waals surface area contributed by atoms with Gasteiger partial charge in [0.15, 0.2) is 5.96 Å². The summed E-state index contributed by atoms with van der Waals surface area (Å²) in [7, 11) is 0. The summed E-state index contributed by atoms with van der Waals surface area (Å²) in [6.45, 7) is 4.85. The second-order valence-electron chi connectivity index (χ2n) is 4.41. The Hall–Kier alpha value is -1.81. The zero-order valence-electron chi connectivity index (χ0n) is 11.3. The quantitative estimate of drug-likeness (QED) is 0.661. The fraction of sp³-hybridized carbons (Fsp3) is 0.267. The number of aryl methyl sites for hydroxylation is 2. The molecule has 0 saturated heterocycles. The van der Waals surface area contributed by atoms with Crippen molar-refractivity contribution in [3.05, 3.63) is 51.7 Å². The number of aliphatic imine (C=N–C) groups is 1. The van der Waals surface area contributed by atoms with E-state index >= 15 is 0 Å². The Bertz CT molecular complexity index is 555. The highest BCUT2D eigenvalue weighted by molar-refractivity contribution is 7.11. The molecule has 0 aliphatic heterocycles. The molecule has 0 spiro atoms. The van der Waals surface area contributed by atoms with Gasteiger partial charge in [-0.15, -0.1) is 11.3 Å². The number of benzene rings is 1. The zero-order valence-corrected chi connectivity index (χ0v) is 12.1. The molecule has 0 atom stereocenters. The molecule has 0 unspecified atom stereocenters. The Morgan fingerprint density at radius 3 is 2.47 bits per heavy atom. The van der Waals surface area contributed by atoms with Crippen molar-refractivity contribution in [2.45, 2.75) is 26.8 Å². The predicted octanol–water partition coefficient (Wildman–Crippen LogP) is 3.55. The second-order valence-corrected chi connectivity index (χ2v) is 5.67. The predicted molar refractivity (Wildman–Crippen MR) is 83.8 cm³/mol. The minimum absolute atomic E-state index is 0.454. The fourth-order valence-electron chi connectivity index (χ4n) is 1.68. The third kappa shape index (κ3) is 4.10. The van der Waals surface area contributed by atoms with Gasteiger partial charge in [0.05, 0.1) is 6.54 Å². The van der Waals surface area contributed by atoms with Crippen LogP contribution in [0.3, 0.4) is 0 Å². The van der Waals surface area contributed by atoms with Crippen molar-refractivity contribution < 1.29 is 0 Å². The van der Waals surface area contributed by atoms with E-state index in [1.54, 1.807) is 11.3 Å². The van der Waals surface area contributed by atoms with Crippen LogP contribution in [0.25, 0.3) is 0 Å². The monoisotopic (exact) mass is 273 g/mol. The van der Waals surface area contributed by atoms with Crippen molar-refractivity contribution in [2.75, 3.05) is 5.32 Å². The summed E-state index contributed by atoms with van der Waals surface area (Å²) in [6.07, 6.45) is 1.07. The highest BCUT2D eigenvalue weighted by Crippen LogP contribution is 2.17. The maximum atomic E-state index is 5.87. The second kappa shape index (κ2) is 6.38. The number of anilines is 1. The highest BCUT2D eigenvalue weighted by atomic mass is 32.1. The molecule has 2 rings (SSSR count). The van der Waals surface area contributed by atoms with Crippen LogP contribution < -0.4 is 11.1 Å². The van der Waals surface area contributed by atoms with Crippen molar-refractivity contribution in [2.24, 2.45) is 10.7 Å². The fourth-order valence-corrected chi connectivity index (χ4v) is 2.57. The van der Waals surface area contributed by atoms with Crippen LogP contribution in [0.15, 0.2) is 41.4 Å². The molecule has 0 fully saturated rings. The number of hydrogen-bond acceptors (Lipinski definition) is 2. The number of nitrogens with one attached hydrogen (secondary N) is 1. The van der Waals surface area contributed by atoms with Crippen LogP contribution in [0.4, 0.5) is 5.69 Å². The molecule has 3 N–H and O–H groups in total. The van der Waals surface area contributed by atoms with Crippen molar-refractivity contribution in [1.82, 2.24) is 0 Å². The summed E-state index contributed by atoms with van der Waals surface area (Å²) in [5.74, 6) is 0.454. The van der Waals surface area contributed by atoms with Gasteiger partial charge in [0.25, 0.3) is 0 Å². The minimum Gasteiger partial charge on any atom is -0.370 e. The van der Waals surface area contributed by atoms with Crippen molar-refractivity contribution in [3.63, 3.8) is 0 Å². The lowest BCUT2D eigenvalue weighted by atomic mass is 10.2. The van der Waals surface area contributed by atoms with Crippen LogP contribution >= 0.6 is 11.3 Å². The third-order valence-corrected chi connectivity index (χ3v) is 4.01. The molecule has 1 heterocycles.